The van der Waals surface area contributed by atoms with Crippen molar-refractivity contribution in [3.63, 3.8) is 0 Å². The lowest BCUT2D eigenvalue weighted by molar-refractivity contribution is -0.136. The number of carbonyl (C=O) groups excluding carboxylic acids is 3. The summed E-state index contributed by atoms with van der Waals surface area (Å²) in [4.78, 5) is 37.6. The van der Waals surface area contributed by atoms with Crippen molar-refractivity contribution in [1.82, 2.24) is 10.2 Å². The minimum atomic E-state index is -0.712. The van der Waals surface area contributed by atoms with Gasteiger partial charge in [-0.2, -0.15) is 0 Å². The molecular weight excluding hydrogens is 415 g/mol. The van der Waals surface area contributed by atoms with Crippen LogP contribution in [0.4, 0.5) is 4.39 Å². The molecule has 2 heterocycles. The predicted octanol–water partition coefficient (Wildman–Crippen LogP) is 2.89. The molecule has 1 atom stereocenters. The van der Waals surface area contributed by atoms with E-state index < -0.39 is 17.8 Å². The largest absolute Gasteiger partial charge is 0.322 e. The topological polar surface area (TPSA) is 66.5 Å². The molecule has 0 aliphatic carbocycles. The number of nitrogens with one attached hydrogen (secondary N) is 1. The number of fused-ring (bicyclic) bond motifs is 1. The zero-order valence-corrected chi connectivity index (χ0v) is 16.4. The van der Waals surface area contributed by atoms with Crippen molar-refractivity contribution >= 4 is 33.7 Å². The van der Waals surface area contributed by atoms with E-state index in [1.54, 1.807) is 0 Å². The molecule has 0 spiro atoms. The van der Waals surface area contributed by atoms with E-state index >= 15 is 0 Å². The summed E-state index contributed by atoms with van der Waals surface area (Å²) in [5.74, 6) is 4.29. The second-order valence-corrected chi connectivity index (χ2v) is 7.44. The quantitative estimate of drug-likeness (QED) is 0.335. The number of nitrogens with zero attached hydrogens (tertiary/aromatic N) is 1. The van der Waals surface area contributed by atoms with Crippen molar-refractivity contribution in [2.75, 3.05) is 5.33 Å². The molecule has 0 aromatic heterocycles. The average Bonchev–Trinajstić information content (AvgIpc) is 2.96. The molecule has 142 valence electrons. The highest BCUT2D eigenvalue weighted by Crippen LogP contribution is 2.30. The smallest absolute Gasteiger partial charge is 0.255 e. The number of amides is 3. The molecule has 1 fully saturated rings. The van der Waals surface area contributed by atoms with E-state index in [9.17, 15) is 18.8 Å². The lowest BCUT2D eigenvalue weighted by Crippen LogP contribution is -2.52. The van der Waals surface area contributed by atoms with E-state index in [1.807, 2.05) is 0 Å². The van der Waals surface area contributed by atoms with Gasteiger partial charge in [0.15, 0.2) is 0 Å². The number of alkyl halides is 1. The van der Waals surface area contributed by atoms with E-state index in [2.05, 4.69) is 33.1 Å². The molecule has 5 nitrogen and oxygen atoms in total. The molecule has 1 unspecified atom stereocenters. The van der Waals surface area contributed by atoms with Crippen LogP contribution in [0.2, 0.25) is 0 Å². The highest BCUT2D eigenvalue weighted by Gasteiger charge is 2.40. The summed E-state index contributed by atoms with van der Waals surface area (Å²) in [7, 11) is 0. The van der Waals surface area contributed by atoms with Gasteiger partial charge in [-0.1, -0.05) is 34.2 Å². The molecule has 0 radical (unpaired) electrons. The molecule has 2 aliphatic heterocycles. The van der Waals surface area contributed by atoms with Crippen LogP contribution in [0.3, 0.4) is 0 Å². The van der Waals surface area contributed by atoms with Crippen LogP contribution >= 0.6 is 15.9 Å². The molecule has 3 amide bonds. The van der Waals surface area contributed by atoms with E-state index in [0.717, 1.165) is 24.6 Å². The van der Waals surface area contributed by atoms with Crippen LogP contribution in [0.15, 0.2) is 12.1 Å². The minimum Gasteiger partial charge on any atom is -0.322 e. The number of rotatable bonds is 5. The van der Waals surface area contributed by atoms with Gasteiger partial charge < -0.3 is 4.90 Å². The molecule has 1 aromatic carbocycles. The molecule has 2 aliphatic rings. The van der Waals surface area contributed by atoms with Crippen molar-refractivity contribution in [1.29, 1.82) is 0 Å². The average molecular weight is 435 g/mol. The van der Waals surface area contributed by atoms with Crippen molar-refractivity contribution in [3.05, 3.63) is 34.6 Å². The lowest BCUT2D eigenvalue weighted by Gasteiger charge is -2.29. The van der Waals surface area contributed by atoms with Gasteiger partial charge >= 0.3 is 0 Å². The Hall–Kier alpha value is -2.20. The summed E-state index contributed by atoms with van der Waals surface area (Å²) >= 11 is 3.38. The first-order valence-electron chi connectivity index (χ1n) is 9.03. The maximum Gasteiger partial charge on any atom is 0.255 e. The summed E-state index contributed by atoms with van der Waals surface area (Å²) in [5.41, 5.74) is 1.14. The fourth-order valence-electron chi connectivity index (χ4n) is 3.38. The van der Waals surface area contributed by atoms with Gasteiger partial charge in [0.05, 0.1) is 5.56 Å². The second kappa shape index (κ2) is 8.66. The van der Waals surface area contributed by atoms with E-state index in [1.165, 1.54) is 17.0 Å². The van der Waals surface area contributed by atoms with Crippen LogP contribution in [0.1, 0.15) is 60.0 Å². The first-order valence-corrected chi connectivity index (χ1v) is 10.2. The van der Waals surface area contributed by atoms with Crippen LogP contribution in [-0.4, -0.2) is 34.0 Å². The highest BCUT2D eigenvalue weighted by molar-refractivity contribution is 9.09. The standard InChI is InChI=1S/C20H20BrFN2O3/c21-11-5-3-1-2-4-6-13-15-12-24(17-9-10-18(25)23-19(17)26)20(27)14(15)7-8-16(13)22/h7-8,17H,1-3,5,9-12H2,(H,23,25,26). The van der Waals surface area contributed by atoms with Gasteiger partial charge in [-0.15, -0.1) is 0 Å². The third kappa shape index (κ3) is 4.22. The van der Waals surface area contributed by atoms with Crippen molar-refractivity contribution in [2.45, 2.75) is 51.1 Å². The molecule has 27 heavy (non-hydrogen) atoms. The Morgan fingerprint density at radius 3 is 2.78 bits per heavy atom. The zero-order valence-electron chi connectivity index (χ0n) is 14.8. The van der Waals surface area contributed by atoms with Crippen molar-refractivity contribution < 1.29 is 18.8 Å². The van der Waals surface area contributed by atoms with E-state index in [4.69, 9.17) is 0 Å². The summed E-state index contributed by atoms with van der Waals surface area (Å²) in [6, 6.07) is 1.98. The number of hydrogen-bond donors (Lipinski definition) is 1. The second-order valence-electron chi connectivity index (χ2n) is 6.65. The third-order valence-corrected chi connectivity index (χ3v) is 5.38. The molecule has 1 saturated heterocycles. The van der Waals surface area contributed by atoms with Gasteiger partial charge in [0.25, 0.3) is 5.91 Å². The van der Waals surface area contributed by atoms with Crippen molar-refractivity contribution in [3.8, 4) is 11.8 Å². The Labute approximate surface area is 165 Å². The highest BCUT2D eigenvalue weighted by atomic mass is 79.9. The number of carbonyl (C=O) groups is 3. The molecular formula is C20H20BrFN2O3. The minimum absolute atomic E-state index is 0.131. The van der Waals surface area contributed by atoms with Crippen LogP contribution in [0, 0.1) is 17.7 Å². The fourth-order valence-corrected chi connectivity index (χ4v) is 3.78. The van der Waals surface area contributed by atoms with Gasteiger partial charge in [0.1, 0.15) is 11.9 Å². The first kappa shape index (κ1) is 19.6. The summed E-state index contributed by atoms with van der Waals surface area (Å²) in [6.07, 6.45) is 4.20. The van der Waals surface area contributed by atoms with Crippen molar-refractivity contribution in [2.24, 2.45) is 0 Å². The number of hydrogen-bond acceptors (Lipinski definition) is 3. The van der Waals surface area contributed by atoms with Gasteiger partial charge in [-0.05, 0) is 31.4 Å². The summed E-state index contributed by atoms with van der Waals surface area (Å²) in [6.45, 7) is 0.131. The molecule has 3 rings (SSSR count). The van der Waals surface area contributed by atoms with Crippen LogP contribution in [0.25, 0.3) is 0 Å². The van der Waals surface area contributed by atoms with Gasteiger partial charge in [0, 0.05) is 35.8 Å². The number of halogens is 2. The Morgan fingerprint density at radius 1 is 1.22 bits per heavy atom. The number of piperidine rings is 1. The van der Waals surface area contributed by atoms with Gasteiger partial charge in [-0.25, -0.2) is 4.39 Å². The number of imide groups is 1. The van der Waals surface area contributed by atoms with E-state index in [0.29, 0.717) is 17.5 Å². The lowest BCUT2D eigenvalue weighted by atomic mass is 10.0. The van der Waals surface area contributed by atoms with E-state index in [-0.39, 0.29) is 36.8 Å². The maximum absolute atomic E-state index is 14.3. The fraction of sp³-hybridized carbons (Fsp3) is 0.450. The van der Waals surface area contributed by atoms with Gasteiger partial charge in [-0.3, -0.25) is 19.7 Å². The Morgan fingerprint density at radius 2 is 2.04 bits per heavy atom. The predicted molar refractivity (Wildman–Crippen MR) is 102 cm³/mol. The molecule has 0 saturated carbocycles. The molecule has 7 heteroatoms. The Balaban J connectivity index is 1.79. The number of benzene rings is 1. The Bertz CT molecular complexity index is 844. The zero-order chi connectivity index (χ0) is 19.4. The van der Waals surface area contributed by atoms with Crippen LogP contribution < -0.4 is 5.32 Å². The number of unbranched alkanes of at least 4 members (excludes halogenated alkanes) is 3. The summed E-state index contributed by atoms with van der Waals surface area (Å²) in [5, 5.41) is 3.22. The molecule has 0 bridgehead atoms. The third-order valence-electron chi connectivity index (χ3n) is 4.82. The van der Waals surface area contributed by atoms with Crippen LogP contribution in [0.5, 0.6) is 0 Å². The maximum atomic E-state index is 14.3. The Kier molecular flexibility index (Phi) is 6.27. The monoisotopic (exact) mass is 434 g/mol. The molecule has 1 N–H and O–H groups in total. The summed E-state index contributed by atoms with van der Waals surface area (Å²) < 4.78 is 14.3. The van der Waals surface area contributed by atoms with Gasteiger partial charge in [0.2, 0.25) is 11.8 Å². The molecule has 1 aromatic rings. The SMILES string of the molecule is O=C1CCC(N2Cc3c(ccc(F)c3C#CCCCCCBr)C2=O)C(=O)N1. The van der Waals surface area contributed by atoms with Crippen LogP contribution in [-0.2, 0) is 16.1 Å². The first-order chi connectivity index (χ1) is 13.0. The normalized spacial score (nSPS) is 18.8.